The molecule has 0 aliphatic heterocycles. The lowest BCUT2D eigenvalue weighted by Gasteiger charge is -2.04. The number of nitrogens with zero attached hydrogens (tertiary/aromatic N) is 3. The number of rotatable bonds is 5. The highest BCUT2D eigenvalue weighted by molar-refractivity contribution is 5.35. The molecule has 0 spiro atoms. The van der Waals surface area contributed by atoms with E-state index in [-0.39, 0.29) is 0 Å². The molecule has 0 saturated carbocycles. The Balaban J connectivity index is 1.58. The molecule has 4 heteroatoms. The zero-order chi connectivity index (χ0) is 14.5. The molecule has 0 unspecified atom stereocenters. The SMILES string of the molecule is Cc1cccc(NCCc2cnn(-c3ccccc3)c2)n1. The van der Waals surface area contributed by atoms with E-state index in [1.807, 2.05) is 66.3 Å². The number of anilines is 1. The van der Waals surface area contributed by atoms with Crippen LogP contribution in [-0.4, -0.2) is 21.3 Å². The second-order valence-corrected chi connectivity index (χ2v) is 4.97. The normalized spacial score (nSPS) is 10.5. The van der Waals surface area contributed by atoms with Gasteiger partial charge in [-0.05, 0) is 43.2 Å². The highest BCUT2D eigenvalue weighted by Gasteiger charge is 2.01. The lowest BCUT2D eigenvalue weighted by atomic mass is 10.2. The molecular weight excluding hydrogens is 260 g/mol. The standard InChI is InChI=1S/C17H18N4/c1-14-6-5-9-17(20-14)18-11-10-15-12-19-21(13-15)16-7-3-2-4-8-16/h2-9,12-13H,10-11H2,1H3,(H,18,20). The summed E-state index contributed by atoms with van der Waals surface area (Å²) in [6, 6.07) is 16.1. The van der Waals surface area contributed by atoms with Gasteiger partial charge in [-0.1, -0.05) is 24.3 Å². The quantitative estimate of drug-likeness (QED) is 0.779. The summed E-state index contributed by atoms with van der Waals surface area (Å²) in [5, 5.41) is 7.73. The number of para-hydroxylation sites is 1. The fourth-order valence-electron chi connectivity index (χ4n) is 2.19. The van der Waals surface area contributed by atoms with Gasteiger partial charge in [0.15, 0.2) is 0 Å². The molecule has 4 nitrogen and oxygen atoms in total. The molecule has 0 aliphatic rings. The molecule has 1 aromatic carbocycles. The minimum Gasteiger partial charge on any atom is -0.370 e. The summed E-state index contributed by atoms with van der Waals surface area (Å²) in [5.41, 5.74) is 3.31. The van der Waals surface area contributed by atoms with Crippen molar-refractivity contribution in [3.8, 4) is 5.69 Å². The van der Waals surface area contributed by atoms with Crippen molar-refractivity contribution in [3.63, 3.8) is 0 Å². The summed E-state index contributed by atoms with van der Waals surface area (Å²) in [7, 11) is 0. The highest BCUT2D eigenvalue weighted by atomic mass is 15.3. The van der Waals surface area contributed by atoms with Crippen molar-refractivity contribution in [2.24, 2.45) is 0 Å². The van der Waals surface area contributed by atoms with Gasteiger partial charge in [-0.15, -0.1) is 0 Å². The molecule has 21 heavy (non-hydrogen) atoms. The summed E-state index contributed by atoms with van der Waals surface area (Å²) in [6.45, 7) is 2.84. The first-order valence-corrected chi connectivity index (χ1v) is 7.08. The van der Waals surface area contributed by atoms with Crippen LogP contribution in [0.5, 0.6) is 0 Å². The van der Waals surface area contributed by atoms with Crippen LogP contribution in [0.4, 0.5) is 5.82 Å². The van der Waals surface area contributed by atoms with Crippen LogP contribution in [0.1, 0.15) is 11.3 Å². The molecule has 0 atom stereocenters. The fraction of sp³-hybridized carbons (Fsp3) is 0.176. The fourth-order valence-corrected chi connectivity index (χ4v) is 2.19. The largest absolute Gasteiger partial charge is 0.370 e. The summed E-state index contributed by atoms with van der Waals surface area (Å²) in [5.74, 6) is 0.922. The van der Waals surface area contributed by atoms with E-state index in [2.05, 4.69) is 21.6 Å². The monoisotopic (exact) mass is 278 g/mol. The van der Waals surface area contributed by atoms with Crippen molar-refractivity contribution < 1.29 is 0 Å². The number of nitrogens with one attached hydrogen (secondary N) is 1. The molecule has 0 amide bonds. The Hall–Kier alpha value is -2.62. The summed E-state index contributed by atoms with van der Waals surface area (Å²) in [6.07, 6.45) is 4.90. The predicted octanol–water partition coefficient (Wildman–Crippen LogP) is 3.23. The van der Waals surface area contributed by atoms with Crippen LogP contribution in [0.15, 0.2) is 60.9 Å². The average Bonchev–Trinajstić information content (AvgIpc) is 2.97. The second kappa shape index (κ2) is 6.22. The maximum absolute atomic E-state index is 4.43. The molecule has 2 heterocycles. The van der Waals surface area contributed by atoms with Crippen molar-refractivity contribution in [2.75, 3.05) is 11.9 Å². The van der Waals surface area contributed by atoms with Gasteiger partial charge in [0.05, 0.1) is 11.9 Å². The van der Waals surface area contributed by atoms with Gasteiger partial charge in [0, 0.05) is 18.4 Å². The van der Waals surface area contributed by atoms with Crippen LogP contribution in [0.25, 0.3) is 5.69 Å². The van der Waals surface area contributed by atoms with Gasteiger partial charge in [-0.2, -0.15) is 5.10 Å². The Bertz CT molecular complexity index is 704. The van der Waals surface area contributed by atoms with Gasteiger partial charge in [0.25, 0.3) is 0 Å². The molecule has 2 aromatic heterocycles. The third-order valence-corrected chi connectivity index (χ3v) is 3.26. The van der Waals surface area contributed by atoms with E-state index in [1.165, 1.54) is 5.56 Å². The van der Waals surface area contributed by atoms with Crippen molar-refractivity contribution in [1.82, 2.24) is 14.8 Å². The highest BCUT2D eigenvalue weighted by Crippen LogP contribution is 2.09. The molecule has 0 radical (unpaired) electrons. The first-order chi connectivity index (χ1) is 10.3. The molecule has 0 bridgehead atoms. The number of benzene rings is 1. The lowest BCUT2D eigenvalue weighted by Crippen LogP contribution is -2.06. The number of aromatic nitrogens is 3. The maximum atomic E-state index is 4.43. The van der Waals surface area contributed by atoms with Gasteiger partial charge in [0.2, 0.25) is 0 Å². The summed E-state index contributed by atoms with van der Waals surface area (Å²) >= 11 is 0. The van der Waals surface area contributed by atoms with E-state index in [1.54, 1.807) is 0 Å². The van der Waals surface area contributed by atoms with Crippen molar-refractivity contribution in [3.05, 3.63) is 72.2 Å². The number of pyridine rings is 1. The van der Waals surface area contributed by atoms with Gasteiger partial charge in [0.1, 0.15) is 5.82 Å². The van der Waals surface area contributed by atoms with E-state index < -0.39 is 0 Å². The van der Waals surface area contributed by atoms with E-state index in [0.717, 1.165) is 30.2 Å². The number of hydrogen-bond acceptors (Lipinski definition) is 3. The summed E-state index contributed by atoms with van der Waals surface area (Å²) < 4.78 is 1.90. The third kappa shape index (κ3) is 3.48. The van der Waals surface area contributed by atoms with Gasteiger partial charge >= 0.3 is 0 Å². The predicted molar refractivity (Wildman–Crippen MR) is 84.7 cm³/mol. The molecule has 3 aromatic rings. The molecule has 1 N–H and O–H groups in total. The lowest BCUT2D eigenvalue weighted by molar-refractivity contribution is 0.879. The first-order valence-electron chi connectivity index (χ1n) is 7.08. The number of hydrogen-bond donors (Lipinski definition) is 1. The summed E-state index contributed by atoms with van der Waals surface area (Å²) in [4.78, 5) is 4.43. The Labute approximate surface area is 124 Å². The second-order valence-electron chi connectivity index (χ2n) is 4.97. The minimum atomic E-state index is 0.844. The van der Waals surface area contributed by atoms with Crippen LogP contribution in [0.3, 0.4) is 0 Å². The zero-order valence-corrected chi connectivity index (χ0v) is 12.0. The van der Waals surface area contributed by atoms with Gasteiger partial charge < -0.3 is 5.32 Å². The molecule has 0 aliphatic carbocycles. The molecule has 0 fully saturated rings. The van der Waals surface area contributed by atoms with Crippen molar-refractivity contribution in [1.29, 1.82) is 0 Å². The molecule has 0 saturated heterocycles. The van der Waals surface area contributed by atoms with Crippen molar-refractivity contribution in [2.45, 2.75) is 13.3 Å². The third-order valence-electron chi connectivity index (χ3n) is 3.26. The van der Waals surface area contributed by atoms with E-state index in [0.29, 0.717) is 0 Å². The van der Waals surface area contributed by atoms with Crippen LogP contribution in [0.2, 0.25) is 0 Å². The van der Waals surface area contributed by atoms with Crippen molar-refractivity contribution >= 4 is 5.82 Å². The maximum Gasteiger partial charge on any atom is 0.126 e. The smallest absolute Gasteiger partial charge is 0.126 e. The Morgan fingerprint density at radius 3 is 2.71 bits per heavy atom. The molecule has 106 valence electrons. The average molecular weight is 278 g/mol. The Morgan fingerprint density at radius 2 is 1.90 bits per heavy atom. The van der Waals surface area contributed by atoms with E-state index in [4.69, 9.17) is 0 Å². The Kier molecular flexibility index (Phi) is 3.96. The van der Waals surface area contributed by atoms with Crippen LogP contribution in [-0.2, 0) is 6.42 Å². The minimum absolute atomic E-state index is 0.844. The van der Waals surface area contributed by atoms with Crippen LogP contribution in [0, 0.1) is 6.92 Å². The Morgan fingerprint density at radius 1 is 1.05 bits per heavy atom. The zero-order valence-electron chi connectivity index (χ0n) is 12.0. The van der Waals surface area contributed by atoms with E-state index >= 15 is 0 Å². The first kappa shape index (κ1) is 13.4. The molecular formula is C17H18N4. The topological polar surface area (TPSA) is 42.7 Å². The van der Waals surface area contributed by atoms with Gasteiger partial charge in [-0.3, -0.25) is 0 Å². The van der Waals surface area contributed by atoms with E-state index in [9.17, 15) is 0 Å². The van der Waals surface area contributed by atoms with Crippen LogP contribution < -0.4 is 5.32 Å². The van der Waals surface area contributed by atoms with Crippen LogP contribution >= 0.6 is 0 Å². The van der Waals surface area contributed by atoms with Gasteiger partial charge in [-0.25, -0.2) is 9.67 Å². The molecule has 3 rings (SSSR count). The number of aryl methyl sites for hydroxylation is 1.